The molecule has 0 fully saturated rings. The van der Waals surface area contributed by atoms with E-state index in [1.54, 1.807) is 31.2 Å². The second kappa shape index (κ2) is 8.65. The van der Waals surface area contributed by atoms with E-state index in [0.717, 1.165) is 21.3 Å². The molecule has 0 unspecified atom stereocenters. The molecule has 2 amide bonds. The number of anilines is 3. The molecule has 0 spiro atoms. The Balaban J connectivity index is 2.11. The first-order valence-electron chi connectivity index (χ1n) is 8.06. The van der Waals surface area contributed by atoms with Crippen molar-refractivity contribution in [2.75, 3.05) is 49.8 Å². The minimum Gasteiger partial charge on any atom is -0.395 e. The molecule has 0 aliphatic carbocycles. The third kappa shape index (κ3) is 4.95. The largest absolute Gasteiger partial charge is 0.395 e. The van der Waals surface area contributed by atoms with Crippen molar-refractivity contribution in [2.24, 2.45) is 0 Å². The number of sulfonamides is 1. The molecule has 1 heterocycles. The maximum Gasteiger partial charge on any atom is 0.327 e. The van der Waals surface area contributed by atoms with Crippen LogP contribution in [0.1, 0.15) is 5.69 Å². The smallest absolute Gasteiger partial charge is 0.327 e. The molecule has 1 aromatic heterocycles. The lowest BCUT2D eigenvalue weighted by molar-refractivity contribution is 0.258. The molecule has 0 aliphatic rings. The Bertz CT molecular complexity index is 894. The van der Waals surface area contributed by atoms with Crippen LogP contribution in [0.3, 0.4) is 0 Å². The van der Waals surface area contributed by atoms with Crippen LogP contribution < -0.4 is 15.5 Å². The van der Waals surface area contributed by atoms with Crippen molar-refractivity contribution in [3.05, 3.63) is 30.0 Å². The van der Waals surface area contributed by atoms with Crippen molar-refractivity contribution in [2.45, 2.75) is 11.1 Å². The summed E-state index contributed by atoms with van der Waals surface area (Å²) in [6.45, 7) is 2.07. The van der Waals surface area contributed by atoms with Crippen LogP contribution in [0.4, 0.5) is 21.3 Å². The van der Waals surface area contributed by atoms with Crippen molar-refractivity contribution < 1.29 is 18.3 Å². The lowest BCUT2D eigenvalue weighted by Crippen LogP contribution is -2.31. The highest BCUT2D eigenvalue weighted by atomic mass is 32.2. The number of aliphatic hydroxyl groups is 1. The fourth-order valence-corrected chi connectivity index (χ4v) is 4.69. The van der Waals surface area contributed by atoms with E-state index in [-0.39, 0.29) is 15.9 Å². The SMILES string of the molecule is Cc1nc(N(C)C(=O)Nc2ccc(NCCO)cc2)sc1S(=O)(=O)N(C)C. The van der Waals surface area contributed by atoms with E-state index in [1.165, 1.54) is 26.0 Å². The van der Waals surface area contributed by atoms with Crippen LogP contribution in [0.5, 0.6) is 0 Å². The first-order valence-corrected chi connectivity index (χ1v) is 10.3. The Morgan fingerprint density at radius 3 is 2.33 bits per heavy atom. The number of aryl methyl sites for hydroxylation is 1. The molecule has 2 aromatic rings. The fourth-order valence-electron chi connectivity index (χ4n) is 2.08. The third-order valence-corrected chi connectivity index (χ3v) is 7.26. The van der Waals surface area contributed by atoms with Gasteiger partial charge in [-0.3, -0.25) is 4.90 Å². The number of nitrogens with zero attached hydrogens (tertiary/aromatic N) is 3. The van der Waals surface area contributed by atoms with Gasteiger partial charge in [-0.05, 0) is 31.2 Å². The number of carbonyl (C=O) groups is 1. The van der Waals surface area contributed by atoms with Crippen molar-refractivity contribution in [3.63, 3.8) is 0 Å². The molecule has 27 heavy (non-hydrogen) atoms. The van der Waals surface area contributed by atoms with Crippen molar-refractivity contribution in [1.82, 2.24) is 9.29 Å². The first-order chi connectivity index (χ1) is 12.7. The minimum absolute atomic E-state index is 0.0298. The molecule has 0 atom stereocenters. The quantitative estimate of drug-likeness (QED) is 0.637. The molecule has 0 radical (unpaired) electrons. The average Bonchev–Trinajstić information content (AvgIpc) is 3.02. The second-order valence-corrected chi connectivity index (χ2v) is 9.20. The summed E-state index contributed by atoms with van der Waals surface area (Å²) in [4.78, 5) is 17.9. The molecular weight excluding hydrogens is 390 g/mol. The zero-order valence-corrected chi connectivity index (χ0v) is 17.2. The highest BCUT2D eigenvalue weighted by Crippen LogP contribution is 2.31. The minimum atomic E-state index is -3.61. The predicted octanol–water partition coefficient (Wildman–Crippen LogP) is 1.77. The van der Waals surface area contributed by atoms with Gasteiger partial charge in [-0.1, -0.05) is 11.3 Å². The van der Waals surface area contributed by atoms with Gasteiger partial charge in [0.25, 0.3) is 10.0 Å². The van der Waals surface area contributed by atoms with E-state index in [0.29, 0.717) is 17.9 Å². The first kappa shape index (κ1) is 21.1. The maximum absolute atomic E-state index is 12.4. The number of aliphatic hydroxyl groups excluding tert-OH is 1. The number of urea groups is 1. The van der Waals surface area contributed by atoms with Crippen molar-refractivity contribution in [1.29, 1.82) is 0 Å². The third-order valence-electron chi connectivity index (χ3n) is 3.63. The zero-order valence-electron chi connectivity index (χ0n) is 15.6. The zero-order chi connectivity index (χ0) is 20.2. The van der Waals surface area contributed by atoms with Gasteiger partial charge in [0.05, 0.1) is 12.3 Å². The molecular formula is C16H23N5O4S2. The van der Waals surface area contributed by atoms with Gasteiger partial charge in [0.2, 0.25) is 0 Å². The van der Waals surface area contributed by atoms with Gasteiger partial charge in [0.15, 0.2) is 9.34 Å². The number of benzene rings is 1. The van der Waals surface area contributed by atoms with E-state index in [9.17, 15) is 13.2 Å². The summed E-state index contributed by atoms with van der Waals surface area (Å²) in [6.07, 6.45) is 0. The summed E-state index contributed by atoms with van der Waals surface area (Å²) < 4.78 is 25.9. The highest BCUT2D eigenvalue weighted by molar-refractivity contribution is 7.91. The molecule has 0 saturated heterocycles. The number of amides is 2. The number of hydrogen-bond acceptors (Lipinski definition) is 7. The Labute approximate surface area is 162 Å². The van der Waals surface area contributed by atoms with Crippen molar-refractivity contribution >= 4 is 43.9 Å². The fraction of sp³-hybridized carbons (Fsp3) is 0.375. The van der Waals surface area contributed by atoms with Crippen LogP contribution in [0.2, 0.25) is 0 Å². The van der Waals surface area contributed by atoms with Gasteiger partial charge in [-0.15, -0.1) is 0 Å². The number of aromatic nitrogens is 1. The highest BCUT2D eigenvalue weighted by Gasteiger charge is 2.26. The van der Waals surface area contributed by atoms with E-state index in [4.69, 9.17) is 5.11 Å². The van der Waals surface area contributed by atoms with Gasteiger partial charge in [-0.2, -0.15) is 0 Å². The van der Waals surface area contributed by atoms with Crippen molar-refractivity contribution in [3.8, 4) is 0 Å². The van der Waals surface area contributed by atoms with Gasteiger partial charge >= 0.3 is 6.03 Å². The number of thiazole rings is 1. The molecule has 9 nitrogen and oxygen atoms in total. The lowest BCUT2D eigenvalue weighted by atomic mass is 10.3. The Hall–Kier alpha value is -2.21. The second-order valence-electron chi connectivity index (χ2n) is 5.87. The van der Waals surface area contributed by atoms with Crippen LogP contribution in [0.15, 0.2) is 28.5 Å². The molecule has 11 heteroatoms. The number of nitrogens with one attached hydrogen (secondary N) is 2. The summed E-state index contributed by atoms with van der Waals surface area (Å²) in [7, 11) is 0.810. The van der Waals surface area contributed by atoms with Gasteiger partial charge < -0.3 is 15.7 Å². The predicted molar refractivity (Wildman–Crippen MR) is 107 cm³/mol. The molecule has 2 rings (SSSR count). The van der Waals surface area contributed by atoms with Crippen LogP contribution >= 0.6 is 11.3 Å². The number of carbonyl (C=O) groups excluding carboxylic acids is 1. The van der Waals surface area contributed by atoms with Crippen LogP contribution in [-0.4, -0.2) is 63.1 Å². The normalized spacial score (nSPS) is 11.5. The molecule has 0 aliphatic heterocycles. The Morgan fingerprint density at radius 2 is 1.78 bits per heavy atom. The topological polar surface area (TPSA) is 115 Å². The van der Waals surface area contributed by atoms with E-state index in [1.807, 2.05) is 0 Å². The van der Waals surface area contributed by atoms with Gasteiger partial charge in [0.1, 0.15) is 0 Å². The average molecular weight is 414 g/mol. The molecule has 0 saturated carbocycles. The summed E-state index contributed by atoms with van der Waals surface area (Å²) in [5.41, 5.74) is 1.75. The summed E-state index contributed by atoms with van der Waals surface area (Å²) in [5, 5.41) is 14.8. The molecule has 148 valence electrons. The van der Waals surface area contributed by atoms with E-state index >= 15 is 0 Å². The van der Waals surface area contributed by atoms with Crippen LogP contribution in [0.25, 0.3) is 0 Å². The summed E-state index contributed by atoms with van der Waals surface area (Å²) in [6, 6.07) is 6.57. The number of rotatable bonds is 7. The maximum atomic E-state index is 12.4. The van der Waals surface area contributed by atoms with Crippen LogP contribution in [0, 0.1) is 6.92 Å². The summed E-state index contributed by atoms with van der Waals surface area (Å²) >= 11 is 0.944. The Morgan fingerprint density at radius 1 is 1.19 bits per heavy atom. The van der Waals surface area contributed by atoms with Gasteiger partial charge in [-0.25, -0.2) is 22.5 Å². The van der Waals surface area contributed by atoms with E-state index in [2.05, 4.69) is 15.6 Å². The monoisotopic (exact) mass is 413 g/mol. The van der Waals surface area contributed by atoms with E-state index < -0.39 is 16.1 Å². The number of hydrogen-bond donors (Lipinski definition) is 3. The molecule has 1 aromatic carbocycles. The summed E-state index contributed by atoms with van der Waals surface area (Å²) in [5.74, 6) is 0. The molecule has 3 N–H and O–H groups in total. The van der Waals surface area contributed by atoms with Gasteiger partial charge in [0, 0.05) is 39.1 Å². The van der Waals surface area contributed by atoms with Crippen LogP contribution in [-0.2, 0) is 10.0 Å². The Kier molecular flexibility index (Phi) is 6.76. The molecule has 0 bridgehead atoms. The lowest BCUT2D eigenvalue weighted by Gasteiger charge is -2.15. The standard InChI is InChI=1S/C16H23N5O4S2/c1-11-14(27(24,25)20(2)3)26-16(18-11)21(4)15(23)19-13-7-5-12(6-8-13)17-9-10-22/h5-8,17,22H,9-10H2,1-4H3,(H,19,23).